The first-order valence-electron chi connectivity index (χ1n) is 11.6. The van der Waals surface area contributed by atoms with Crippen LogP contribution in [-0.4, -0.2) is 5.78 Å². The van der Waals surface area contributed by atoms with Gasteiger partial charge in [0.15, 0.2) is 5.78 Å². The van der Waals surface area contributed by atoms with Crippen molar-refractivity contribution in [2.75, 3.05) is 0 Å². The van der Waals surface area contributed by atoms with Gasteiger partial charge < -0.3 is 0 Å². The van der Waals surface area contributed by atoms with Gasteiger partial charge in [0.2, 0.25) is 0 Å². The maximum absolute atomic E-state index is 11.2. The fourth-order valence-corrected chi connectivity index (χ4v) is 3.62. The minimum Gasteiger partial charge on any atom is -0.295 e. The average molecular weight is 431 g/mol. The fourth-order valence-electron chi connectivity index (χ4n) is 3.62. The Bertz CT molecular complexity index is 931. The first-order valence-corrected chi connectivity index (χ1v) is 11.6. The molecule has 1 heteroatoms. The van der Waals surface area contributed by atoms with Gasteiger partial charge in [-0.2, -0.15) is 0 Å². The molecule has 0 aromatic carbocycles. The maximum atomic E-state index is 11.2. The Hall–Kier alpha value is -2.67. The average Bonchev–Trinajstić information content (AvgIpc) is 2.70. The highest BCUT2D eigenvalue weighted by Gasteiger charge is 2.26. The van der Waals surface area contributed by atoms with Crippen LogP contribution >= 0.6 is 0 Å². The number of rotatable bonds is 9. The molecule has 0 radical (unpaired) electrons. The zero-order chi connectivity index (χ0) is 24.1. The Morgan fingerprint density at radius 3 is 1.78 bits per heavy atom. The molecule has 1 rings (SSSR count). The molecule has 1 nitrogen and oxygen atoms in total. The number of hydrogen-bond donors (Lipinski definition) is 0. The Morgan fingerprint density at radius 1 is 0.750 bits per heavy atom. The maximum Gasteiger partial charge on any atom is 0.155 e. The van der Waals surface area contributed by atoms with E-state index in [1.54, 1.807) is 6.92 Å². The Morgan fingerprint density at radius 2 is 1.25 bits per heavy atom. The van der Waals surface area contributed by atoms with Gasteiger partial charge in [-0.3, -0.25) is 4.79 Å². The van der Waals surface area contributed by atoms with E-state index < -0.39 is 0 Å². The molecule has 1 aliphatic carbocycles. The molecular formula is C31H42O. The Balaban J connectivity index is 2.65. The fraction of sp³-hybridized carbons (Fsp3) is 0.387. The first-order chi connectivity index (χ1) is 15.0. The van der Waals surface area contributed by atoms with Crippen LogP contribution in [0.5, 0.6) is 0 Å². The van der Waals surface area contributed by atoms with E-state index in [1.165, 1.54) is 41.6 Å². The lowest BCUT2D eigenvalue weighted by molar-refractivity contribution is -0.113. The second kappa shape index (κ2) is 13.7. The number of hydrogen-bond acceptors (Lipinski definition) is 1. The molecule has 0 N–H and O–H groups in total. The van der Waals surface area contributed by atoms with Crippen LogP contribution < -0.4 is 0 Å². The van der Waals surface area contributed by atoms with Crippen LogP contribution in [0.1, 0.15) is 74.7 Å². The third kappa shape index (κ3) is 10.6. The molecule has 0 aliphatic heterocycles. The summed E-state index contributed by atoms with van der Waals surface area (Å²) in [4.78, 5) is 11.2. The number of ketones is 1. The summed E-state index contributed by atoms with van der Waals surface area (Å²) in [7, 11) is 0. The predicted molar refractivity (Wildman–Crippen MR) is 143 cm³/mol. The van der Waals surface area contributed by atoms with Gasteiger partial charge >= 0.3 is 0 Å². The van der Waals surface area contributed by atoms with Crippen molar-refractivity contribution in [3.63, 3.8) is 0 Å². The van der Waals surface area contributed by atoms with E-state index >= 15 is 0 Å². The Labute approximate surface area is 197 Å². The smallest absolute Gasteiger partial charge is 0.155 e. The van der Waals surface area contributed by atoms with E-state index in [0.29, 0.717) is 0 Å². The quantitative estimate of drug-likeness (QED) is 0.263. The van der Waals surface area contributed by atoms with Gasteiger partial charge in [0, 0.05) is 0 Å². The molecule has 0 saturated heterocycles. The van der Waals surface area contributed by atoms with Gasteiger partial charge in [-0.15, -0.1) is 0 Å². The van der Waals surface area contributed by atoms with Crippen LogP contribution in [0, 0.1) is 5.41 Å². The van der Waals surface area contributed by atoms with Gasteiger partial charge in [0.25, 0.3) is 0 Å². The summed E-state index contributed by atoms with van der Waals surface area (Å²) in [5.74, 6) is 0.103. The zero-order valence-electron chi connectivity index (χ0n) is 21.5. The lowest BCUT2D eigenvalue weighted by atomic mass is 9.72. The normalized spacial score (nSPS) is 19.4. The third-order valence-electron chi connectivity index (χ3n) is 5.86. The van der Waals surface area contributed by atoms with Crippen molar-refractivity contribution in [2.24, 2.45) is 5.41 Å². The zero-order valence-corrected chi connectivity index (χ0v) is 21.5. The molecule has 0 unspecified atom stereocenters. The molecule has 32 heavy (non-hydrogen) atoms. The molecule has 0 aromatic heterocycles. The van der Waals surface area contributed by atoms with E-state index in [1.807, 2.05) is 44.2 Å². The van der Waals surface area contributed by atoms with Crippen molar-refractivity contribution in [3.8, 4) is 0 Å². The second-order valence-corrected chi connectivity index (χ2v) is 9.51. The number of Topliss-reactive ketones (excluding diaryl/α,β-unsaturated/α-hetero) is 1. The molecule has 0 heterocycles. The second-order valence-electron chi connectivity index (χ2n) is 9.51. The van der Waals surface area contributed by atoms with Gasteiger partial charge in [-0.05, 0) is 77.4 Å². The predicted octanol–water partition coefficient (Wildman–Crippen LogP) is 9.11. The molecule has 1 aliphatic rings. The van der Waals surface area contributed by atoms with E-state index in [2.05, 4.69) is 77.2 Å². The molecule has 0 saturated carbocycles. The highest BCUT2D eigenvalue weighted by atomic mass is 16.1. The topological polar surface area (TPSA) is 17.1 Å². The van der Waals surface area contributed by atoms with Gasteiger partial charge in [0.05, 0.1) is 0 Å². The van der Waals surface area contributed by atoms with E-state index in [0.717, 1.165) is 11.1 Å². The minimum atomic E-state index is 0.103. The van der Waals surface area contributed by atoms with Crippen LogP contribution in [-0.2, 0) is 4.79 Å². The van der Waals surface area contributed by atoms with Gasteiger partial charge in [-0.25, -0.2) is 0 Å². The first kappa shape index (κ1) is 27.4. The van der Waals surface area contributed by atoms with Gasteiger partial charge in [0.1, 0.15) is 0 Å². The molecule has 0 atom stereocenters. The summed E-state index contributed by atoms with van der Waals surface area (Å²) in [5.41, 5.74) is 7.67. The molecule has 0 fully saturated rings. The summed E-state index contributed by atoms with van der Waals surface area (Å²) >= 11 is 0. The summed E-state index contributed by atoms with van der Waals surface area (Å²) in [5, 5.41) is 0. The van der Waals surface area contributed by atoms with Crippen molar-refractivity contribution in [3.05, 3.63) is 106 Å². The molecule has 0 aromatic rings. The van der Waals surface area contributed by atoms with E-state index in [4.69, 9.17) is 0 Å². The van der Waals surface area contributed by atoms with Crippen LogP contribution in [0.25, 0.3) is 0 Å². The molecule has 0 spiro atoms. The van der Waals surface area contributed by atoms with Crippen LogP contribution in [0.3, 0.4) is 0 Å². The number of carbonyl (C=O) groups is 1. The summed E-state index contributed by atoms with van der Waals surface area (Å²) in [6, 6.07) is 0. The summed E-state index contributed by atoms with van der Waals surface area (Å²) in [6.07, 6.45) is 28.7. The van der Waals surface area contributed by atoms with Crippen molar-refractivity contribution in [1.29, 1.82) is 0 Å². The van der Waals surface area contributed by atoms with Crippen molar-refractivity contribution in [2.45, 2.75) is 74.7 Å². The monoisotopic (exact) mass is 430 g/mol. The molecule has 172 valence electrons. The molecule has 0 bridgehead atoms. The lowest BCUT2D eigenvalue weighted by Gasteiger charge is -2.32. The summed E-state index contributed by atoms with van der Waals surface area (Å²) in [6.45, 7) is 16.7. The third-order valence-corrected chi connectivity index (χ3v) is 5.86. The van der Waals surface area contributed by atoms with Crippen molar-refractivity contribution < 1.29 is 4.79 Å². The molecule has 0 amide bonds. The lowest BCUT2D eigenvalue weighted by Crippen LogP contribution is -2.19. The minimum absolute atomic E-state index is 0.103. The highest BCUT2D eigenvalue weighted by molar-refractivity contribution is 5.92. The van der Waals surface area contributed by atoms with Gasteiger partial charge in [-0.1, -0.05) is 109 Å². The Kier molecular flexibility index (Phi) is 11.7. The van der Waals surface area contributed by atoms with E-state index in [-0.39, 0.29) is 11.2 Å². The molecular weight excluding hydrogens is 388 g/mol. The number of carbonyl (C=O) groups excluding carboxylic acids is 1. The SMILES string of the molecule is CC(=O)/C(C)=C/C=C/C(C)=C/C=C/C=C(C)C=CC=C(C)C=CC1=C(C)CCCC1(C)C. The van der Waals surface area contributed by atoms with Crippen LogP contribution in [0.15, 0.2) is 106 Å². The highest BCUT2D eigenvalue weighted by Crippen LogP contribution is 2.40. The van der Waals surface area contributed by atoms with E-state index in [9.17, 15) is 4.79 Å². The number of allylic oxidation sites excluding steroid dienone is 18. The van der Waals surface area contributed by atoms with Crippen molar-refractivity contribution in [1.82, 2.24) is 0 Å². The van der Waals surface area contributed by atoms with Crippen LogP contribution in [0.2, 0.25) is 0 Å². The van der Waals surface area contributed by atoms with Crippen molar-refractivity contribution >= 4 is 5.78 Å². The largest absolute Gasteiger partial charge is 0.295 e. The standard InChI is InChI=1S/C31H42O/c1-24(14-9-10-15-25(2)18-12-19-27(4)29(6)32)16-11-17-26(3)21-22-30-28(5)20-13-23-31(30,7)8/h9-12,14-19,21-22H,13,20,23H2,1-8H3/b10-9+,16-11?,18-12+,22-21?,24-14?,25-15+,26-17?,27-19+. The van der Waals surface area contributed by atoms with Crippen LogP contribution in [0.4, 0.5) is 0 Å². The summed E-state index contributed by atoms with van der Waals surface area (Å²) < 4.78 is 0.